The fraction of sp³-hybridized carbons (Fsp3) is 0.160. The van der Waals surface area contributed by atoms with E-state index in [2.05, 4.69) is 28.1 Å². The molecule has 1 fully saturated rings. The molecule has 0 amide bonds. The molecule has 0 saturated carbocycles. The van der Waals surface area contributed by atoms with Crippen molar-refractivity contribution in [3.05, 3.63) is 92.6 Å². The first-order valence-electron chi connectivity index (χ1n) is 9.83. The Morgan fingerprint density at radius 3 is 2.39 bits per heavy atom. The SMILES string of the molecule is N#CC1(C#N)[C@@H](c2ccc(Br)s2)[C@H](C(=O)c2ccccc2)N2c3ccccc3C=C[C@@H]21. The van der Waals surface area contributed by atoms with Gasteiger partial charge in [0.2, 0.25) is 0 Å². The molecule has 6 heteroatoms. The summed E-state index contributed by atoms with van der Waals surface area (Å²) in [6.45, 7) is 0. The monoisotopic (exact) mass is 485 g/mol. The lowest BCUT2D eigenvalue weighted by molar-refractivity contribution is 0.0951. The number of ketones is 1. The zero-order valence-electron chi connectivity index (χ0n) is 16.3. The average Bonchev–Trinajstić information content (AvgIpc) is 3.37. The van der Waals surface area contributed by atoms with Gasteiger partial charge in [-0.2, -0.15) is 10.5 Å². The first-order valence-corrected chi connectivity index (χ1v) is 11.4. The smallest absolute Gasteiger partial charge is 0.185 e. The van der Waals surface area contributed by atoms with Crippen LogP contribution in [-0.4, -0.2) is 17.9 Å². The summed E-state index contributed by atoms with van der Waals surface area (Å²) in [6.07, 6.45) is 3.86. The van der Waals surface area contributed by atoms with E-state index in [9.17, 15) is 15.3 Å². The molecule has 2 aromatic carbocycles. The van der Waals surface area contributed by atoms with Gasteiger partial charge in [0.1, 0.15) is 6.04 Å². The lowest BCUT2D eigenvalue weighted by Crippen LogP contribution is -2.44. The highest BCUT2D eigenvalue weighted by molar-refractivity contribution is 9.11. The summed E-state index contributed by atoms with van der Waals surface area (Å²) in [5.41, 5.74) is 1.02. The van der Waals surface area contributed by atoms with Crippen LogP contribution in [0.3, 0.4) is 0 Å². The number of halogens is 1. The molecule has 31 heavy (non-hydrogen) atoms. The number of carbonyl (C=O) groups excluding carboxylic acids is 1. The number of nitrogens with zero attached hydrogens (tertiary/aromatic N) is 3. The minimum absolute atomic E-state index is 0.0856. The molecule has 150 valence electrons. The summed E-state index contributed by atoms with van der Waals surface area (Å²) in [7, 11) is 0. The molecular formula is C25H16BrN3OS. The van der Waals surface area contributed by atoms with Crippen molar-refractivity contribution in [2.24, 2.45) is 5.41 Å². The van der Waals surface area contributed by atoms with Gasteiger partial charge in [0, 0.05) is 16.1 Å². The van der Waals surface area contributed by atoms with Gasteiger partial charge in [-0.3, -0.25) is 4.79 Å². The third-order valence-corrected chi connectivity index (χ3v) is 7.85. The third-order valence-electron chi connectivity index (χ3n) is 6.14. The number of carbonyl (C=O) groups is 1. The maximum Gasteiger partial charge on any atom is 0.185 e. The standard InChI is InChI=1S/C25H16BrN3OS/c26-21-13-11-19(31-21)22-23(24(30)17-7-2-1-3-8-17)29-18-9-5-4-6-16(18)10-12-20(29)25(22,14-27)15-28/h1-13,20,22-23H/t20-,22+,23-/m1/s1. The van der Waals surface area contributed by atoms with Crippen LogP contribution in [0, 0.1) is 28.1 Å². The third kappa shape index (κ3) is 2.87. The number of anilines is 1. The van der Waals surface area contributed by atoms with Gasteiger partial charge in [-0.1, -0.05) is 60.7 Å². The largest absolute Gasteiger partial charge is 0.351 e. The molecule has 3 atom stereocenters. The summed E-state index contributed by atoms with van der Waals surface area (Å²) >= 11 is 4.98. The summed E-state index contributed by atoms with van der Waals surface area (Å²) in [5, 5.41) is 20.7. The van der Waals surface area contributed by atoms with Crippen LogP contribution < -0.4 is 4.90 Å². The van der Waals surface area contributed by atoms with Crippen molar-refractivity contribution >= 4 is 44.8 Å². The van der Waals surface area contributed by atoms with E-state index in [1.807, 2.05) is 71.6 Å². The first-order chi connectivity index (χ1) is 15.1. The zero-order valence-corrected chi connectivity index (χ0v) is 18.7. The minimum Gasteiger partial charge on any atom is -0.351 e. The number of hydrogen-bond donors (Lipinski definition) is 0. The fourth-order valence-electron chi connectivity index (χ4n) is 4.81. The Bertz CT molecular complexity index is 1270. The number of nitriles is 2. The number of Topliss-reactive ketones (excluding diaryl/α,β-unsaturated/α-hetero) is 1. The maximum atomic E-state index is 13.9. The van der Waals surface area contributed by atoms with Gasteiger partial charge in [-0.25, -0.2) is 0 Å². The van der Waals surface area contributed by atoms with E-state index in [1.54, 1.807) is 12.1 Å². The van der Waals surface area contributed by atoms with Crippen molar-refractivity contribution in [3.63, 3.8) is 0 Å². The lowest BCUT2D eigenvalue weighted by Gasteiger charge is -2.35. The van der Waals surface area contributed by atoms with Crippen molar-refractivity contribution in [1.29, 1.82) is 10.5 Å². The number of thiophene rings is 1. The summed E-state index contributed by atoms with van der Waals surface area (Å²) in [6, 6.07) is 24.2. The molecule has 1 saturated heterocycles. The van der Waals surface area contributed by atoms with E-state index in [0.29, 0.717) is 5.56 Å². The molecule has 0 radical (unpaired) electrons. The zero-order chi connectivity index (χ0) is 21.6. The molecule has 2 aliphatic rings. The minimum atomic E-state index is -1.40. The van der Waals surface area contributed by atoms with Gasteiger partial charge in [0.25, 0.3) is 0 Å². The Balaban J connectivity index is 1.79. The summed E-state index contributed by atoms with van der Waals surface area (Å²) in [4.78, 5) is 16.8. The van der Waals surface area contributed by atoms with Crippen molar-refractivity contribution in [3.8, 4) is 12.1 Å². The Labute approximate surface area is 192 Å². The lowest BCUT2D eigenvalue weighted by atomic mass is 9.71. The Morgan fingerprint density at radius 2 is 1.71 bits per heavy atom. The van der Waals surface area contributed by atoms with E-state index in [-0.39, 0.29) is 5.78 Å². The van der Waals surface area contributed by atoms with Crippen molar-refractivity contribution in [1.82, 2.24) is 0 Å². The van der Waals surface area contributed by atoms with Gasteiger partial charge < -0.3 is 4.90 Å². The summed E-state index contributed by atoms with van der Waals surface area (Å²) < 4.78 is 0.902. The van der Waals surface area contributed by atoms with E-state index in [0.717, 1.165) is 19.9 Å². The van der Waals surface area contributed by atoms with Crippen molar-refractivity contribution < 1.29 is 4.79 Å². The predicted molar refractivity (Wildman–Crippen MR) is 125 cm³/mol. The summed E-state index contributed by atoms with van der Waals surface area (Å²) in [5.74, 6) is -0.676. The van der Waals surface area contributed by atoms with E-state index in [1.165, 1.54) is 11.3 Å². The van der Waals surface area contributed by atoms with Crippen molar-refractivity contribution in [2.75, 3.05) is 4.90 Å². The van der Waals surface area contributed by atoms with Crippen LogP contribution >= 0.6 is 27.3 Å². The fourth-order valence-corrected chi connectivity index (χ4v) is 6.44. The topological polar surface area (TPSA) is 67.9 Å². The highest BCUT2D eigenvalue weighted by atomic mass is 79.9. The van der Waals surface area contributed by atoms with Crippen LogP contribution in [0.2, 0.25) is 0 Å². The van der Waals surface area contributed by atoms with Crippen LogP contribution in [0.5, 0.6) is 0 Å². The molecule has 0 spiro atoms. The van der Waals surface area contributed by atoms with E-state index < -0.39 is 23.4 Å². The Hall–Kier alpha value is -3.19. The van der Waals surface area contributed by atoms with Crippen LogP contribution in [0.4, 0.5) is 5.69 Å². The van der Waals surface area contributed by atoms with Gasteiger partial charge in [-0.15, -0.1) is 11.3 Å². The molecular weight excluding hydrogens is 470 g/mol. The molecule has 3 aromatic rings. The normalized spacial score (nSPS) is 22.8. The molecule has 2 aliphatic heterocycles. The van der Waals surface area contributed by atoms with E-state index in [4.69, 9.17) is 0 Å². The van der Waals surface area contributed by atoms with Crippen LogP contribution in [0.15, 0.2) is 76.6 Å². The second-order valence-electron chi connectivity index (χ2n) is 7.66. The Morgan fingerprint density at radius 1 is 1.00 bits per heavy atom. The second kappa shape index (κ2) is 7.50. The van der Waals surface area contributed by atoms with Gasteiger partial charge >= 0.3 is 0 Å². The number of hydrogen-bond acceptors (Lipinski definition) is 5. The van der Waals surface area contributed by atoms with Gasteiger partial charge in [0.15, 0.2) is 11.2 Å². The maximum absolute atomic E-state index is 13.9. The number of para-hydroxylation sites is 1. The predicted octanol–water partition coefficient (Wildman–Crippen LogP) is 5.79. The van der Waals surface area contributed by atoms with Gasteiger partial charge in [-0.05, 0) is 39.7 Å². The molecule has 1 aromatic heterocycles. The van der Waals surface area contributed by atoms with Crippen LogP contribution in [-0.2, 0) is 0 Å². The number of fused-ring (bicyclic) bond motifs is 3. The van der Waals surface area contributed by atoms with E-state index >= 15 is 0 Å². The number of benzene rings is 2. The average molecular weight is 486 g/mol. The highest BCUT2D eigenvalue weighted by Gasteiger charge is 2.63. The number of rotatable bonds is 3. The molecule has 0 unspecified atom stereocenters. The Kier molecular flexibility index (Phi) is 4.78. The van der Waals surface area contributed by atoms with Gasteiger partial charge in [0.05, 0.1) is 27.9 Å². The van der Waals surface area contributed by atoms with Crippen LogP contribution in [0.1, 0.15) is 26.7 Å². The highest BCUT2D eigenvalue weighted by Crippen LogP contribution is 2.56. The second-order valence-corrected chi connectivity index (χ2v) is 10.2. The van der Waals surface area contributed by atoms with Crippen LogP contribution in [0.25, 0.3) is 6.08 Å². The quantitative estimate of drug-likeness (QED) is 0.439. The molecule has 5 rings (SSSR count). The molecule has 0 N–H and O–H groups in total. The van der Waals surface area contributed by atoms with Crippen molar-refractivity contribution in [2.45, 2.75) is 18.0 Å². The molecule has 0 bridgehead atoms. The molecule has 3 heterocycles. The first kappa shape index (κ1) is 19.8. The molecule has 4 nitrogen and oxygen atoms in total. The molecule has 0 aliphatic carbocycles.